The molecular weight excluding hydrogens is 233 g/mol. The van der Waals surface area contributed by atoms with Gasteiger partial charge in [0.2, 0.25) is 0 Å². The number of ether oxygens (including phenoxy) is 1. The van der Waals surface area contributed by atoms with Crippen molar-refractivity contribution >= 4 is 11.6 Å². The molecule has 4 heteroatoms. The Kier molecular flexibility index (Phi) is 2.48. The Hall–Kier alpha value is -2.36. The highest BCUT2D eigenvalue weighted by Crippen LogP contribution is 2.35. The van der Waals surface area contributed by atoms with E-state index >= 15 is 0 Å². The van der Waals surface area contributed by atoms with Crippen molar-refractivity contribution in [3.8, 4) is 16.9 Å². The summed E-state index contributed by atoms with van der Waals surface area (Å²) in [6.45, 7) is -0.144. The molecule has 1 aliphatic rings. The molecule has 2 aromatic rings. The fraction of sp³-hybridized carbons (Fsp3) is 0.0714. The van der Waals surface area contributed by atoms with Crippen LogP contribution in [-0.2, 0) is 4.79 Å². The zero-order valence-electron chi connectivity index (χ0n) is 9.44. The van der Waals surface area contributed by atoms with Crippen LogP contribution in [0, 0.1) is 5.82 Å². The summed E-state index contributed by atoms with van der Waals surface area (Å²) in [4.78, 5) is 11.2. The molecule has 18 heavy (non-hydrogen) atoms. The molecule has 0 unspecified atom stereocenters. The highest BCUT2D eigenvalue weighted by Gasteiger charge is 2.20. The molecule has 0 radical (unpaired) electrons. The standard InChI is InChI=1S/C14H10FNO2/c15-11-6-10(9-4-2-1-3-5-9)7-12-14(11)18-8-13(17)16-12/h1-7H,8H2,(H,16,17). The highest BCUT2D eigenvalue weighted by atomic mass is 19.1. The predicted molar refractivity (Wildman–Crippen MR) is 66.0 cm³/mol. The molecule has 0 saturated carbocycles. The van der Waals surface area contributed by atoms with Crippen molar-refractivity contribution in [1.29, 1.82) is 0 Å². The number of benzene rings is 2. The van der Waals surface area contributed by atoms with E-state index in [1.54, 1.807) is 6.07 Å². The van der Waals surface area contributed by atoms with E-state index in [-0.39, 0.29) is 18.3 Å². The van der Waals surface area contributed by atoms with Crippen LogP contribution in [0.1, 0.15) is 0 Å². The van der Waals surface area contributed by atoms with Crippen molar-refractivity contribution in [1.82, 2.24) is 0 Å². The minimum Gasteiger partial charge on any atom is -0.478 e. The van der Waals surface area contributed by atoms with Crippen molar-refractivity contribution in [3.63, 3.8) is 0 Å². The van der Waals surface area contributed by atoms with Crippen LogP contribution in [0.5, 0.6) is 5.75 Å². The van der Waals surface area contributed by atoms with E-state index in [0.717, 1.165) is 5.56 Å². The van der Waals surface area contributed by atoms with Crippen molar-refractivity contribution < 1.29 is 13.9 Å². The third-order valence-corrected chi connectivity index (χ3v) is 2.77. The van der Waals surface area contributed by atoms with Crippen LogP contribution in [0.25, 0.3) is 11.1 Å². The lowest BCUT2D eigenvalue weighted by Gasteiger charge is -2.19. The number of amides is 1. The van der Waals surface area contributed by atoms with Gasteiger partial charge in [-0.1, -0.05) is 30.3 Å². The second kappa shape index (κ2) is 4.14. The molecule has 0 aliphatic carbocycles. The van der Waals surface area contributed by atoms with E-state index in [1.807, 2.05) is 30.3 Å². The minimum absolute atomic E-state index is 0.106. The molecule has 0 aromatic heterocycles. The maximum absolute atomic E-state index is 13.9. The molecule has 3 nitrogen and oxygen atoms in total. The third-order valence-electron chi connectivity index (χ3n) is 2.77. The number of carbonyl (C=O) groups is 1. The van der Waals surface area contributed by atoms with Crippen LogP contribution in [-0.4, -0.2) is 12.5 Å². The lowest BCUT2D eigenvalue weighted by molar-refractivity contribution is -0.118. The molecular formula is C14H10FNO2. The van der Waals surface area contributed by atoms with Crippen LogP contribution in [0.15, 0.2) is 42.5 Å². The Balaban J connectivity index is 2.11. The quantitative estimate of drug-likeness (QED) is 0.836. The van der Waals surface area contributed by atoms with E-state index in [0.29, 0.717) is 11.3 Å². The minimum atomic E-state index is -0.466. The summed E-state index contributed by atoms with van der Waals surface area (Å²) in [5.74, 6) is -0.632. The molecule has 1 heterocycles. The first-order chi connectivity index (χ1) is 8.74. The Labute approximate surface area is 103 Å². The van der Waals surface area contributed by atoms with Crippen molar-refractivity contribution in [2.45, 2.75) is 0 Å². The number of hydrogen-bond acceptors (Lipinski definition) is 2. The Morgan fingerprint density at radius 3 is 2.67 bits per heavy atom. The maximum atomic E-state index is 13.9. The molecule has 0 atom stereocenters. The molecule has 0 saturated heterocycles. The fourth-order valence-corrected chi connectivity index (χ4v) is 1.95. The van der Waals surface area contributed by atoms with E-state index < -0.39 is 5.82 Å². The molecule has 1 aliphatic heterocycles. The second-order valence-electron chi connectivity index (χ2n) is 4.04. The van der Waals surface area contributed by atoms with Crippen LogP contribution >= 0.6 is 0 Å². The third kappa shape index (κ3) is 1.82. The van der Waals surface area contributed by atoms with Gasteiger partial charge in [-0.3, -0.25) is 4.79 Å². The summed E-state index contributed by atoms with van der Waals surface area (Å²) in [5.41, 5.74) is 1.97. The topological polar surface area (TPSA) is 38.3 Å². The average Bonchev–Trinajstić information content (AvgIpc) is 2.39. The number of anilines is 1. The number of halogens is 1. The van der Waals surface area contributed by atoms with Gasteiger partial charge in [0.15, 0.2) is 18.2 Å². The predicted octanol–water partition coefficient (Wildman–Crippen LogP) is 2.82. The molecule has 1 N–H and O–H groups in total. The highest BCUT2D eigenvalue weighted by molar-refractivity contribution is 5.96. The van der Waals surface area contributed by atoms with Crippen LogP contribution in [0.4, 0.5) is 10.1 Å². The molecule has 1 amide bonds. The fourth-order valence-electron chi connectivity index (χ4n) is 1.95. The number of hydrogen-bond donors (Lipinski definition) is 1. The van der Waals surface area contributed by atoms with Gasteiger partial charge in [0, 0.05) is 0 Å². The van der Waals surface area contributed by atoms with E-state index in [4.69, 9.17) is 4.74 Å². The van der Waals surface area contributed by atoms with Crippen molar-refractivity contribution in [2.75, 3.05) is 11.9 Å². The zero-order chi connectivity index (χ0) is 12.5. The monoisotopic (exact) mass is 243 g/mol. The molecule has 0 spiro atoms. The van der Waals surface area contributed by atoms with Crippen molar-refractivity contribution in [3.05, 3.63) is 48.3 Å². The van der Waals surface area contributed by atoms with E-state index in [9.17, 15) is 9.18 Å². The summed E-state index contributed by atoms with van der Waals surface area (Å²) in [6.07, 6.45) is 0. The Bertz CT molecular complexity index is 611. The SMILES string of the molecule is O=C1COc2c(F)cc(-c3ccccc3)cc2N1. The summed E-state index contributed by atoms with van der Waals surface area (Å²) in [7, 11) is 0. The van der Waals surface area contributed by atoms with Gasteiger partial charge in [-0.15, -0.1) is 0 Å². The van der Waals surface area contributed by atoms with Gasteiger partial charge < -0.3 is 10.1 Å². The van der Waals surface area contributed by atoms with Gasteiger partial charge >= 0.3 is 0 Å². The second-order valence-corrected chi connectivity index (χ2v) is 4.04. The summed E-state index contributed by atoms with van der Waals surface area (Å²) in [6, 6.07) is 12.5. The van der Waals surface area contributed by atoms with Crippen LogP contribution in [0.3, 0.4) is 0 Å². The average molecular weight is 243 g/mol. The van der Waals surface area contributed by atoms with Gasteiger partial charge in [-0.05, 0) is 23.3 Å². The lowest BCUT2D eigenvalue weighted by atomic mass is 10.0. The van der Waals surface area contributed by atoms with Crippen LogP contribution in [0.2, 0.25) is 0 Å². The number of rotatable bonds is 1. The first-order valence-corrected chi connectivity index (χ1v) is 5.55. The van der Waals surface area contributed by atoms with Gasteiger partial charge in [-0.25, -0.2) is 4.39 Å². The van der Waals surface area contributed by atoms with Gasteiger partial charge in [0.25, 0.3) is 5.91 Å². The van der Waals surface area contributed by atoms with Crippen molar-refractivity contribution in [2.24, 2.45) is 0 Å². The molecule has 0 bridgehead atoms. The molecule has 2 aromatic carbocycles. The number of fused-ring (bicyclic) bond motifs is 1. The van der Waals surface area contributed by atoms with Gasteiger partial charge in [0.1, 0.15) is 0 Å². The number of carbonyl (C=O) groups excluding carboxylic acids is 1. The number of nitrogens with one attached hydrogen (secondary N) is 1. The Morgan fingerprint density at radius 1 is 1.11 bits per heavy atom. The van der Waals surface area contributed by atoms with E-state index in [1.165, 1.54) is 6.07 Å². The summed E-state index contributed by atoms with van der Waals surface area (Å²) in [5, 5.41) is 2.61. The summed E-state index contributed by atoms with van der Waals surface area (Å²) >= 11 is 0. The Morgan fingerprint density at radius 2 is 1.89 bits per heavy atom. The van der Waals surface area contributed by atoms with Crippen LogP contribution < -0.4 is 10.1 Å². The molecule has 90 valence electrons. The first kappa shape index (κ1) is 10.8. The maximum Gasteiger partial charge on any atom is 0.262 e. The largest absolute Gasteiger partial charge is 0.478 e. The zero-order valence-corrected chi connectivity index (χ0v) is 9.44. The first-order valence-electron chi connectivity index (χ1n) is 5.55. The normalized spacial score (nSPS) is 13.5. The molecule has 3 rings (SSSR count). The lowest BCUT2D eigenvalue weighted by Crippen LogP contribution is -2.26. The van der Waals surface area contributed by atoms with Gasteiger partial charge in [0.05, 0.1) is 5.69 Å². The smallest absolute Gasteiger partial charge is 0.262 e. The van der Waals surface area contributed by atoms with Gasteiger partial charge in [-0.2, -0.15) is 0 Å². The molecule has 0 fully saturated rings. The summed E-state index contributed by atoms with van der Waals surface area (Å²) < 4.78 is 18.9. The van der Waals surface area contributed by atoms with E-state index in [2.05, 4.69) is 5.32 Å².